The molecule has 0 spiro atoms. The molecule has 0 saturated heterocycles. The summed E-state index contributed by atoms with van der Waals surface area (Å²) in [4.78, 5) is 12.1. The molecule has 3 aromatic rings. The van der Waals surface area contributed by atoms with Crippen LogP contribution in [-0.2, 0) is 4.79 Å². The molecular formula is C16H11ClF3N5O2S. The van der Waals surface area contributed by atoms with Crippen molar-refractivity contribution in [3.63, 3.8) is 0 Å². The minimum atomic E-state index is -4.77. The van der Waals surface area contributed by atoms with E-state index in [1.54, 1.807) is 24.3 Å². The normalized spacial score (nSPS) is 11.3. The van der Waals surface area contributed by atoms with Gasteiger partial charge in [0.25, 0.3) is 0 Å². The summed E-state index contributed by atoms with van der Waals surface area (Å²) in [5.74, 6) is -0.641. The molecule has 1 amide bonds. The number of anilines is 1. The number of ether oxygens (including phenoxy) is 1. The second-order valence-electron chi connectivity index (χ2n) is 5.26. The van der Waals surface area contributed by atoms with Crippen LogP contribution in [0.3, 0.4) is 0 Å². The number of hydrogen-bond acceptors (Lipinski definition) is 6. The summed E-state index contributed by atoms with van der Waals surface area (Å²) in [6.45, 7) is 0. The second-order valence-corrected chi connectivity index (χ2v) is 6.64. The van der Waals surface area contributed by atoms with Crippen molar-refractivity contribution < 1.29 is 22.7 Å². The van der Waals surface area contributed by atoms with Crippen molar-refractivity contribution in [3.05, 3.63) is 53.6 Å². The molecule has 0 bridgehead atoms. The summed E-state index contributed by atoms with van der Waals surface area (Å²) in [5.41, 5.74) is 0.968. The van der Waals surface area contributed by atoms with E-state index in [2.05, 4.69) is 25.6 Å². The van der Waals surface area contributed by atoms with Crippen LogP contribution in [0.1, 0.15) is 0 Å². The van der Waals surface area contributed by atoms with Gasteiger partial charge in [-0.1, -0.05) is 29.4 Å². The fourth-order valence-corrected chi connectivity index (χ4v) is 2.99. The number of carbonyl (C=O) groups is 1. The highest BCUT2D eigenvalue weighted by atomic mass is 35.5. The van der Waals surface area contributed by atoms with Gasteiger partial charge in [0, 0.05) is 10.7 Å². The number of thioether (sulfide) groups is 1. The number of rotatable bonds is 6. The number of benzene rings is 2. The SMILES string of the molecule is O=C(CSc1nnnn1-c1ccc(OC(F)(F)F)cc1)Nc1cccc(Cl)c1. The van der Waals surface area contributed by atoms with Gasteiger partial charge in [-0.15, -0.1) is 18.3 Å². The van der Waals surface area contributed by atoms with Crippen LogP contribution in [0.4, 0.5) is 18.9 Å². The first-order valence-electron chi connectivity index (χ1n) is 7.63. The van der Waals surface area contributed by atoms with Crippen molar-refractivity contribution in [3.8, 4) is 11.4 Å². The lowest BCUT2D eigenvalue weighted by Gasteiger charge is -2.09. The van der Waals surface area contributed by atoms with Crippen molar-refractivity contribution in [2.24, 2.45) is 0 Å². The maximum absolute atomic E-state index is 12.2. The summed E-state index contributed by atoms with van der Waals surface area (Å²) in [6.07, 6.45) is -4.77. The van der Waals surface area contributed by atoms with Gasteiger partial charge >= 0.3 is 6.36 Å². The van der Waals surface area contributed by atoms with Gasteiger partial charge < -0.3 is 10.1 Å². The van der Waals surface area contributed by atoms with E-state index >= 15 is 0 Å². The predicted octanol–water partition coefficient (Wildman–Crippen LogP) is 3.95. The Morgan fingerprint density at radius 3 is 2.64 bits per heavy atom. The molecule has 1 heterocycles. The van der Waals surface area contributed by atoms with Gasteiger partial charge in [0.05, 0.1) is 11.4 Å². The lowest BCUT2D eigenvalue weighted by Crippen LogP contribution is -2.17. The summed E-state index contributed by atoms with van der Waals surface area (Å²) in [6, 6.07) is 11.7. The van der Waals surface area contributed by atoms with Gasteiger partial charge in [-0.3, -0.25) is 4.79 Å². The largest absolute Gasteiger partial charge is 0.573 e. The molecule has 7 nitrogen and oxygen atoms in total. The highest BCUT2D eigenvalue weighted by Crippen LogP contribution is 2.25. The molecule has 2 aromatic carbocycles. The molecule has 0 radical (unpaired) electrons. The van der Waals surface area contributed by atoms with Crippen molar-refractivity contribution in [1.29, 1.82) is 0 Å². The number of aromatic nitrogens is 4. The lowest BCUT2D eigenvalue weighted by molar-refractivity contribution is -0.274. The Hall–Kier alpha value is -2.79. The van der Waals surface area contributed by atoms with Crippen molar-refractivity contribution in [2.45, 2.75) is 11.5 Å². The standard InChI is InChI=1S/C16H11ClF3N5O2S/c17-10-2-1-3-11(8-10)21-14(26)9-28-15-22-23-24-25(15)12-4-6-13(7-5-12)27-16(18,19)20/h1-8H,9H2,(H,21,26). The highest BCUT2D eigenvalue weighted by Gasteiger charge is 2.31. The zero-order chi connectivity index (χ0) is 20.1. The van der Waals surface area contributed by atoms with Crippen LogP contribution in [0.15, 0.2) is 53.7 Å². The molecule has 0 aliphatic rings. The van der Waals surface area contributed by atoms with Gasteiger partial charge in [0.2, 0.25) is 11.1 Å². The lowest BCUT2D eigenvalue weighted by atomic mass is 10.3. The van der Waals surface area contributed by atoms with E-state index in [1.165, 1.54) is 16.8 Å². The van der Waals surface area contributed by atoms with E-state index in [-0.39, 0.29) is 17.4 Å². The van der Waals surface area contributed by atoms with Crippen molar-refractivity contribution >= 4 is 35.0 Å². The van der Waals surface area contributed by atoms with Crippen LogP contribution in [0.25, 0.3) is 5.69 Å². The number of alkyl halides is 3. The fourth-order valence-electron chi connectivity index (χ4n) is 2.11. The van der Waals surface area contributed by atoms with Crippen molar-refractivity contribution in [1.82, 2.24) is 20.2 Å². The topological polar surface area (TPSA) is 81.9 Å². The first-order valence-corrected chi connectivity index (χ1v) is 8.99. The van der Waals surface area contributed by atoms with E-state index in [0.717, 1.165) is 23.9 Å². The molecular weight excluding hydrogens is 419 g/mol. The predicted molar refractivity (Wildman–Crippen MR) is 96.6 cm³/mol. The molecule has 1 aromatic heterocycles. The number of tetrazole rings is 1. The highest BCUT2D eigenvalue weighted by molar-refractivity contribution is 7.99. The summed E-state index contributed by atoms with van der Waals surface area (Å²) < 4.78 is 41.8. The summed E-state index contributed by atoms with van der Waals surface area (Å²) >= 11 is 6.93. The third-order valence-corrected chi connectivity index (χ3v) is 4.35. The van der Waals surface area contributed by atoms with E-state index in [9.17, 15) is 18.0 Å². The Morgan fingerprint density at radius 1 is 1.21 bits per heavy atom. The van der Waals surface area contributed by atoms with E-state index in [1.807, 2.05) is 0 Å². The number of amides is 1. The van der Waals surface area contributed by atoms with Crippen LogP contribution in [0.2, 0.25) is 5.02 Å². The van der Waals surface area contributed by atoms with Gasteiger partial charge in [0.1, 0.15) is 5.75 Å². The third kappa shape index (κ3) is 5.60. The fraction of sp³-hybridized carbons (Fsp3) is 0.125. The second kappa shape index (κ2) is 8.48. The maximum Gasteiger partial charge on any atom is 0.573 e. The first-order chi connectivity index (χ1) is 13.3. The third-order valence-electron chi connectivity index (χ3n) is 3.20. The monoisotopic (exact) mass is 429 g/mol. The Labute approximate surface area is 165 Å². The molecule has 3 rings (SSSR count). The summed E-state index contributed by atoms with van der Waals surface area (Å²) in [5, 5.41) is 14.6. The number of halogens is 4. The van der Waals surface area contributed by atoms with Crippen LogP contribution in [0, 0.1) is 0 Å². The number of carbonyl (C=O) groups excluding carboxylic acids is 1. The zero-order valence-electron chi connectivity index (χ0n) is 13.9. The zero-order valence-corrected chi connectivity index (χ0v) is 15.4. The molecule has 0 aliphatic heterocycles. The van der Waals surface area contributed by atoms with Crippen LogP contribution >= 0.6 is 23.4 Å². The Morgan fingerprint density at radius 2 is 1.96 bits per heavy atom. The minimum Gasteiger partial charge on any atom is -0.406 e. The van der Waals surface area contributed by atoms with Crippen LogP contribution in [0.5, 0.6) is 5.75 Å². The molecule has 146 valence electrons. The quantitative estimate of drug-likeness (QED) is 0.597. The molecule has 12 heteroatoms. The minimum absolute atomic E-state index is 0.0160. The first kappa shape index (κ1) is 20.0. The van der Waals surface area contributed by atoms with Crippen molar-refractivity contribution in [2.75, 3.05) is 11.1 Å². The molecule has 0 unspecified atom stereocenters. The van der Waals surface area contributed by atoms with E-state index in [0.29, 0.717) is 21.6 Å². The van der Waals surface area contributed by atoms with Gasteiger partial charge in [-0.2, -0.15) is 4.68 Å². The van der Waals surface area contributed by atoms with Gasteiger partial charge in [-0.25, -0.2) is 0 Å². The molecule has 28 heavy (non-hydrogen) atoms. The average molecular weight is 430 g/mol. The van der Waals surface area contributed by atoms with Crippen LogP contribution < -0.4 is 10.1 Å². The van der Waals surface area contributed by atoms with Crippen LogP contribution in [-0.4, -0.2) is 38.2 Å². The molecule has 0 atom stereocenters. The summed E-state index contributed by atoms with van der Waals surface area (Å²) in [7, 11) is 0. The molecule has 0 saturated carbocycles. The van der Waals surface area contributed by atoms with Gasteiger partial charge in [0.15, 0.2) is 0 Å². The molecule has 0 aliphatic carbocycles. The van der Waals surface area contributed by atoms with Gasteiger partial charge in [-0.05, 0) is 52.9 Å². The number of nitrogens with zero attached hydrogens (tertiary/aromatic N) is 4. The average Bonchev–Trinajstić information content (AvgIpc) is 3.08. The van der Waals surface area contributed by atoms with E-state index < -0.39 is 6.36 Å². The Kier molecular flexibility index (Phi) is 6.05. The Balaban J connectivity index is 1.63. The molecule has 1 N–H and O–H groups in total. The Bertz CT molecular complexity index is 965. The van der Waals surface area contributed by atoms with E-state index in [4.69, 9.17) is 11.6 Å². The molecule has 0 fully saturated rings. The number of hydrogen-bond donors (Lipinski definition) is 1. The maximum atomic E-state index is 12.2. The smallest absolute Gasteiger partial charge is 0.406 e. The number of nitrogens with one attached hydrogen (secondary N) is 1.